The molecule has 4 nitrogen and oxygen atoms in total. The molecule has 1 heterocycles. The smallest absolute Gasteiger partial charge is 0.278 e. The van der Waals surface area contributed by atoms with E-state index in [0.29, 0.717) is 18.6 Å². The van der Waals surface area contributed by atoms with Gasteiger partial charge >= 0.3 is 0 Å². The third-order valence-electron chi connectivity index (χ3n) is 2.21. The van der Waals surface area contributed by atoms with E-state index in [0.717, 1.165) is 6.42 Å². The molecule has 1 unspecified atom stereocenters. The van der Waals surface area contributed by atoms with Crippen molar-refractivity contribution in [2.75, 3.05) is 0 Å². The summed E-state index contributed by atoms with van der Waals surface area (Å²) >= 11 is 0. The van der Waals surface area contributed by atoms with E-state index in [1.54, 1.807) is 12.1 Å². The molecule has 0 saturated heterocycles. The third kappa shape index (κ3) is 3.14. The summed E-state index contributed by atoms with van der Waals surface area (Å²) in [6.45, 7) is 1.92. The molecule has 0 bridgehead atoms. The van der Waals surface area contributed by atoms with Gasteiger partial charge in [-0.2, -0.15) is 0 Å². The second kappa shape index (κ2) is 4.59. The third-order valence-corrected chi connectivity index (χ3v) is 2.21. The zero-order valence-corrected chi connectivity index (χ0v) is 8.18. The van der Waals surface area contributed by atoms with Crippen molar-refractivity contribution in [2.24, 2.45) is 5.92 Å². The predicted octanol–water partition coefficient (Wildman–Crippen LogP) is 0.869. The molecule has 4 heteroatoms. The number of hydrogen-bond donors (Lipinski definition) is 3. The minimum absolute atomic E-state index is 0.324. The molecule has 0 fully saturated rings. The van der Waals surface area contributed by atoms with Gasteiger partial charge in [-0.1, -0.05) is 13.3 Å². The SMILES string of the molecule is CCCC(Cc1ccco1)C(O)(O)O. The van der Waals surface area contributed by atoms with Gasteiger partial charge < -0.3 is 19.7 Å². The summed E-state index contributed by atoms with van der Waals surface area (Å²) in [6, 6.07) is 3.47. The monoisotopic (exact) mass is 200 g/mol. The van der Waals surface area contributed by atoms with Crippen molar-refractivity contribution in [3.63, 3.8) is 0 Å². The Morgan fingerprint density at radius 3 is 2.57 bits per heavy atom. The first-order chi connectivity index (χ1) is 6.54. The van der Waals surface area contributed by atoms with Gasteiger partial charge in [0.2, 0.25) is 0 Å². The minimum atomic E-state index is -2.62. The lowest BCUT2D eigenvalue weighted by Gasteiger charge is -2.24. The molecule has 80 valence electrons. The van der Waals surface area contributed by atoms with Crippen LogP contribution in [0.3, 0.4) is 0 Å². The lowest BCUT2D eigenvalue weighted by Crippen LogP contribution is -2.38. The van der Waals surface area contributed by atoms with Gasteiger partial charge in [0, 0.05) is 12.3 Å². The maximum atomic E-state index is 9.08. The Hall–Kier alpha value is -0.840. The van der Waals surface area contributed by atoms with E-state index in [1.807, 2.05) is 6.92 Å². The number of furan rings is 1. The Kier molecular flexibility index (Phi) is 3.69. The summed E-state index contributed by atoms with van der Waals surface area (Å²) in [5.74, 6) is -2.59. The highest BCUT2D eigenvalue weighted by molar-refractivity contribution is 4.99. The van der Waals surface area contributed by atoms with Gasteiger partial charge in [-0.05, 0) is 18.6 Å². The van der Waals surface area contributed by atoms with Crippen molar-refractivity contribution in [1.82, 2.24) is 0 Å². The molecule has 0 aliphatic rings. The highest BCUT2D eigenvalue weighted by atomic mass is 16.7. The predicted molar refractivity (Wildman–Crippen MR) is 50.2 cm³/mol. The highest BCUT2D eigenvalue weighted by Gasteiger charge is 2.31. The highest BCUT2D eigenvalue weighted by Crippen LogP contribution is 2.22. The summed E-state index contributed by atoms with van der Waals surface area (Å²) in [6.07, 6.45) is 3.15. The largest absolute Gasteiger partial charge is 0.469 e. The minimum Gasteiger partial charge on any atom is -0.469 e. The maximum absolute atomic E-state index is 9.08. The lowest BCUT2D eigenvalue weighted by atomic mass is 9.96. The Morgan fingerprint density at radius 2 is 2.14 bits per heavy atom. The summed E-state index contributed by atoms with van der Waals surface area (Å²) < 4.78 is 5.07. The van der Waals surface area contributed by atoms with Crippen molar-refractivity contribution in [3.8, 4) is 0 Å². The fraction of sp³-hybridized carbons (Fsp3) is 0.600. The van der Waals surface area contributed by atoms with Crippen LogP contribution in [0.1, 0.15) is 25.5 Å². The van der Waals surface area contributed by atoms with Crippen molar-refractivity contribution < 1.29 is 19.7 Å². The van der Waals surface area contributed by atoms with Crippen molar-refractivity contribution >= 4 is 0 Å². The molecule has 0 amide bonds. The van der Waals surface area contributed by atoms with E-state index in [-0.39, 0.29) is 0 Å². The summed E-state index contributed by atoms with van der Waals surface area (Å²) in [4.78, 5) is 0. The average molecular weight is 200 g/mol. The van der Waals surface area contributed by atoms with E-state index >= 15 is 0 Å². The van der Waals surface area contributed by atoms with Crippen LogP contribution >= 0.6 is 0 Å². The second-order valence-electron chi connectivity index (χ2n) is 3.46. The quantitative estimate of drug-likeness (QED) is 0.616. The maximum Gasteiger partial charge on any atom is 0.278 e. The summed E-state index contributed by atoms with van der Waals surface area (Å²) in [5, 5.41) is 27.2. The van der Waals surface area contributed by atoms with Crippen LogP contribution < -0.4 is 0 Å². The van der Waals surface area contributed by atoms with Gasteiger partial charge in [0.25, 0.3) is 5.97 Å². The zero-order chi connectivity index (χ0) is 10.6. The van der Waals surface area contributed by atoms with Gasteiger partial charge in [-0.25, -0.2) is 0 Å². The molecule has 3 N–H and O–H groups in total. The van der Waals surface area contributed by atoms with Crippen molar-refractivity contribution in [3.05, 3.63) is 24.2 Å². The fourth-order valence-corrected chi connectivity index (χ4v) is 1.45. The van der Waals surface area contributed by atoms with Gasteiger partial charge in [-0.3, -0.25) is 0 Å². The molecule has 1 rings (SSSR count). The van der Waals surface area contributed by atoms with Gasteiger partial charge in [-0.15, -0.1) is 0 Å². The Bertz CT molecular complexity index is 248. The summed E-state index contributed by atoms with van der Waals surface area (Å²) in [5.41, 5.74) is 0. The fourth-order valence-electron chi connectivity index (χ4n) is 1.45. The van der Waals surface area contributed by atoms with Crippen molar-refractivity contribution in [1.29, 1.82) is 0 Å². The number of hydrogen-bond acceptors (Lipinski definition) is 4. The summed E-state index contributed by atoms with van der Waals surface area (Å²) in [7, 11) is 0. The molecule has 0 aliphatic heterocycles. The first-order valence-electron chi connectivity index (χ1n) is 4.73. The normalized spacial score (nSPS) is 14.3. The van der Waals surface area contributed by atoms with Gasteiger partial charge in [0.05, 0.1) is 6.26 Å². The van der Waals surface area contributed by atoms with E-state index < -0.39 is 11.9 Å². The Morgan fingerprint density at radius 1 is 1.43 bits per heavy atom. The van der Waals surface area contributed by atoms with Crippen molar-refractivity contribution in [2.45, 2.75) is 32.2 Å². The van der Waals surface area contributed by atoms with Crippen LogP contribution in [-0.4, -0.2) is 21.3 Å². The lowest BCUT2D eigenvalue weighted by molar-refractivity contribution is -0.343. The van der Waals surface area contributed by atoms with E-state index in [9.17, 15) is 0 Å². The zero-order valence-electron chi connectivity index (χ0n) is 8.18. The van der Waals surface area contributed by atoms with Crippen LogP contribution in [0.25, 0.3) is 0 Å². The first-order valence-corrected chi connectivity index (χ1v) is 4.73. The molecule has 1 atom stereocenters. The van der Waals surface area contributed by atoms with E-state index in [2.05, 4.69) is 0 Å². The molecule has 0 aromatic carbocycles. The molecule has 14 heavy (non-hydrogen) atoms. The molecule has 0 spiro atoms. The Labute approximate surface area is 82.8 Å². The Balaban J connectivity index is 2.60. The molecular formula is C10H16O4. The average Bonchev–Trinajstić information content (AvgIpc) is 2.54. The van der Waals surface area contributed by atoms with Crippen LogP contribution in [0.4, 0.5) is 0 Å². The second-order valence-corrected chi connectivity index (χ2v) is 3.46. The van der Waals surface area contributed by atoms with Gasteiger partial charge in [0.1, 0.15) is 5.76 Å². The number of aliphatic hydroxyl groups is 3. The standard InChI is InChI=1S/C10H16O4/c1-2-4-8(10(11,12)13)7-9-5-3-6-14-9/h3,5-6,8,11-13H,2,4,7H2,1H3. The topological polar surface area (TPSA) is 73.8 Å². The van der Waals surface area contributed by atoms with E-state index in [4.69, 9.17) is 19.7 Å². The molecular weight excluding hydrogens is 184 g/mol. The molecule has 0 saturated carbocycles. The van der Waals surface area contributed by atoms with Crippen LogP contribution in [-0.2, 0) is 6.42 Å². The molecule has 0 radical (unpaired) electrons. The number of rotatable bonds is 5. The first kappa shape index (κ1) is 11.2. The van der Waals surface area contributed by atoms with Crippen LogP contribution in [0.5, 0.6) is 0 Å². The van der Waals surface area contributed by atoms with E-state index in [1.165, 1.54) is 6.26 Å². The molecule has 0 aliphatic carbocycles. The molecule has 1 aromatic heterocycles. The van der Waals surface area contributed by atoms with Crippen LogP contribution in [0, 0.1) is 5.92 Å². The van der Waals surface area contributed by atoms with Gasteiger partial charge in [0.15, 0.2) is 0 Å². The molecule has 1 aromatic rings. The van der Waals surface area contributed by atoms with Crippen LogP contribution in [0.2, 0.25) is 0 Å². The van der Waals surface area contributed by atoms with Crippen LogP contribution in [0.15, 0.2) is 22.8 Å².